The lowest BCUT2D eigenvalue weighted by Gasteiger charge is -2.21. The van der Waals surface area contributed by atoms with Crippen molar-refractivity contribution in [1.29, 1.82) is 5.26 Å². The highest BCUT2D eigenvalue weighted by Gasteiger charge is 2.47. The Labute approximate surface area is 270 Å². The van der Waals surface area contributed by atoms with Gasteiger partial charge >= 0.3 is 0 Å². The molecule has 0 radical (unpaired) electrons. The van der Waals surface area contributed by atoms with E-state index in [1.165, 1.54) is 12.3 Å². The van der Waals surface area contributed by atoms with Crippen molar-refractivity contribution in [2.24, 2.45) is 0 Å². The van der Waals surface area contributed by atoms with E-state index in [1.54, 1.807) is 42.6 Å². The van der Waals surface area contributed by atoms with Gasteiger partial charge in [-0.05, 0) is 47.5 Å². The highest BCUT2D eigenvalue weighted by molar-refractivity contribution is 6.07. The summed E-state index contributed by atoms with van der Waals surface area (Å²) in [5.74, 6) is -3.26. The van der Waals surface area contributed by atoms with Gasteiger partial charge in [-0.15, -0.1) is 0 Å². The van der Waals surface area contributed by atoms with Gasteiger partial charge in [-0.3, -0.25) is 23.9 Å². The number of carbonyl (C=O) groups excluding carboxylic acids is 3. The van der Waals surface area contributed by atoms with E-state index < -0.39 is 43.3 Å². The van der Waals surface area contributed by atoms with E-state index in [0.717, 1.165) is 21.8 Å². The quantitative estimate of drug-likeness (QED) is 0.198. The summed E-state index contributed by atoms with van der Waals surface area (Å²) in [5, 5.41) is 15.0. The van der Waals surface area contributed by atoms with Crippen LogP contribution in [0.4, 0.5) is 14.6 Å². The molecule has 0 aliphatic carbocycles. The molecule has 0 spiro atoms. The summed E-state index contributed by atoms with van der Waals surface area (Å²) in [6.45, 7) is -0.820. The molecular formula is C34H34F2N7O4+. The third-order valence-electron chi connectivity index (χ3n) is 7.67. The number of halogens is 2. The first-order valence-corrected chi connectivity index (χ1v) is 14.9. The number of pyridine rings is 2. The van der Waals surface area contributed by atoms with Crippen molar-refractivity contribution in [2.45, 2.75) is 18.4 Å². The summed E-state index contributed by atoms with van der Waals surface area (Å²) in [4.78, 5) is 47.6. The fourth-order valence-electron chi connectivity index (χ4n) is 5.17. The lowest BCUT2D eigenvalue weighted by Crippen LogP contribution is -2.43. The molecule has 5 rings (SSSR count). The van der Waals surface area contributed by atoms with Crippen LogP contribution in [0.2, 0.25) is 0 Å². The fraction of sp³-hybridized carbons (Fsp3) is 0.294. The number of benzene rings is 2. The third kappa shape index (κ3) is 7.85. The van der Waals surface area contributed by atoms with Gasteiger partial charge in [0.2, 0.25) is 11.7 Å². The van der Waals surface area contributed by atoms with Crippen LogP contribution in [0.3, 0.4) is 0 Å². The summed E-state index contributed by atoms with van der Waals surface area (Å²) in [6.07, 6.45) is 2.30. The normalized spacial score (nSPS) is 15.6. The fourth-order valence-corrected chi connectivity index (χ4v) is 5.17. The zero-order chi connectivity index (χ0) is 33.8. The van der Waals surface area contributed by atoms with Crippen molar-refractivity contribution < 1.29 is 27.9 Å². The molecular weight excluding hydrogens is 608 g/mol. The first-order chi connectivity index (χ1) is 22.3. The number of hydrogen-bond donors (Lipinski definition) is 2. The van der Waals surface area contributed by atoms with E-state index in [1.807, 2.05) is 45.4 Å². The van der Waals surface area contributed by atoms with Gasteiger partial charge in [0.05, 0.1) is 63.5 Å². The molecule has 11 nitrogen and oxygen atoms in total. The Morgan fingerprint density at radius 1 is 1.00 bits per heavy atom. The van der Waals surface area contributed by atoms with Crippen molar-refractivity contribution in [1.82, 2.24) is 30.0 Å². The first kappa shape index (κ1) is 32.9. The topological polar surface area (TPSA) is 137 Å². The van der Waals surface area contributed by atoms with Crippen molar-refractivity contribution in [3.63, 3.8) is 0 Å². The van der Waals surface area contributed by atoms with Crippen molar-refractivity contribution in [3.05, 3.63) is 84.2 Å². The summed E-state index contributed by atoms with van der Waals surface area (Å²) in [6, 6.07) is 18.3. The monoisotopic (exact) mass is 642 g/mol. The first-order valence-electron chi connectivity index (χ1n) is 14.9. The average Bonchev–Trinajstić information content (AvgIpc) is 3.39. The van der Waals surface area contributed by atoms with Gasteiger partial charge in [0, 0.05) is 30.3 Å². The Morgan fingerprint density at radius 3 is 2.43 bits per heavy atom. The predicted molar refractivity (Wildman–Crippen MR) is 172 cm³/mol. The van der Waals surface area contributed by atoms with Gasteiger partial charge in [-0.25, -0.2) is 13.8 Å². The second-order valence-electron chi connectivity index (χ2n) is 12.0. The van der Waals surface area contributed by atoms with Gasteiger partial charge in [-0.2, -0.15) is 5.26 Å². The summed E-state index contributed by atoms with van der Waals surface area (Å²) in [7, 11) is 5.99. The molecule has 0 unspecified atom stereocenters. The number of alkyl halides is 2. The lowest BCUT2D eigenvalue weighted by molar-refractivity contribution is -0.131. The molecule has 3 amide bonds. The maximum atomic E-state index is 13.8. The Kier molecular flexibility index (Phi) is 9.44. The molecule has 1 aliphatic rings. The van der Waals surface area contributed by atoms with Crippen LogP contribution < -0.4 is 19.9 Å². The minimum absolute atomic E-state index is 0.237. The van der Waals surface area contributed by atoms with Crippen LogP contribution in [0.15, 0.2) is 73.1 Å². The smallest absolute Gasteiger partial charge is 0.268 e. The molecule has 1 aliphatic heterocycles. The van der Waals surface area contributed by atoms with Crippen LogP contribution in [0.5, 0.6) is 5.75 Å². The SMILES string of the molecule is C[N+](C)(C)c1ccc(C(=O)NCCOc2ccc(-c3ccc4nccc(C(=O)NCC(=O)N5CC(F)(F)C[C@H]5C#N)c4c3)cc2)cn1. The highest BCUT2D eigenvalue weighted by Crippen LogP contribution is 2.32. The molecule has 1 atom stereocenters. The second-order valence-corrected chi connectivity index (χ2v) is 12.0. The highest BCUT2D eigenvalue weighted by atomic mass is 19.3. The molecule has 2 aromatic heterocycles. The van der Waals surface area contributed by atoms with E-state index in [9.17, 15) is 23.2 Å². The minimum Gasteiger partial charge on any atom is -0.492 e. The lowest BCUT2D eigenvalue weighted by atomic mass is 10.0. The Morgan fingerprint density at radius 2 is 1.74 bits per heavy atom. The maximum Gasteiger partial charge on any atom is 0.268 e. The predicted octanol–water partition coefficient (Wildman–Crippen LogP) is 3.79. The molecule has 47 heavy (non-hydrogen) atoms. The van der Waals surface area contributed by atoms with Crippen molar-refractivity contribution >= 4 is 34.4 Å². The van der Waals surface area contributed by atoms with E-state index in [0.29, 0.717) is 33.2 Å². The molecule has 2 aromatic carbocycles. The number of nitriles is 1. The van der Waals surface area contributed by atoms with Crippen LogP contribution in [0.25, 0.3) is 22.0 Å². The van der Waals surface area contributed by atoms with E-state index in [4.69, 9.17) is 10.00 Å². The number of hydrogen-bond acceptors (Lipinski definition) is 7. The molecule has 1 saturated heterocycles. The average molecular weight is 643 g/mol. The number of ether oxygens (including phenoxy) is 1. The van der Waals surface area contributed by atoms with Crippen LogP contribution in [0, 0.1) is 11.3 Å². The number of likely N-dealkylation sites (tertiary alicyclic amines) is 1. The summed E-state index contributed by atoms with van der Waals surface area (Å²) < 4.78 is 33.8. The molecule has 0 saturated carbocycles. The largest absolute Gasteiger partial charge is 0.492 e. The molecule has 13 heteroatoms. The second kappa shape index (κ2) is 13.5. The van der Waals surface area contributed by atoms with Crippen LogP contribution in [-0.2, 0) is 4.79 Å². The Hall–Kier alpha value is -5.48. The standard InChI is InChI=1S/C34H33F2N7O4/c1-43(2,3)30-11-7-24(19-40-30)32(45)39-14-15-47-26-8-4-22(5-9-26)23-6-10-29-28(16-23)27(12-13-38-29)33(46)41-20-31(44)42-21-34(35,36)17-25(42)18-37/h4-13,16,19,25H,14-15,17,20-21H2,1-3H3,(H-,39,41,45,46)/p+1/t25-/m0/s1. The molecule has 4 aromatic rings. The van der Waals surface area contributed by atoms with Gasteiger partial charge in [0.15, 0.2) is 0 Å². The van der Waals surface area contributed by atoms with Crippen LogP contribution in [-0.4, -0.2) is 91.9 Å². The number of amides is 3. The zero-order valence-corrected chi connectivity index (χ0v) is 26.2. The number of nitrogens with one attached hydrogen (secondary N) is 2. The molecule has 2 N–H and O–H groups in total. The van der Waals surface area contributed by atoms with Gasteiger partial charge in [0.1, 0.15) is 18.4 Å². The summed E-state index contributed by atoms with van der Waals surface area (Å²) in [5.41, 5.74) is 2.93. The number of nitrogens with zero attached hydrogens (tertiary/aromatic N) is 5. The zero-order valence-electron chi connectivity index (χ0n) is 26.2. The number of quaternary nitrogens is 1. The third-order valence-corrected chi connectivity index (χ3v) is 7.67. The van der Waals surface area contributed by atoms with E-state index in [-0.39, 0.29) is 18.1 Å². The maximum absolute atomic E-state index is 13.8. The number of aromatic nitrogens is 2. The van der Waals surface area contributed by atoms with Crippen molar-refractivity contribution in [3.8, 4) is 22.9 Å². The minimum atomic E-state index is -3.14. The Bertz CT molecular complexity index is 1840. The van der Waals surface area contributed by atoms with Crippen molar-refractivity contribution in [2.75, 3.05) is 47.4 Å². The van der Waals surface area contributed by atoms with Crippen LogP contribution in [0.1, 0.15) is 27.1 Å². The number of fused-ring (bicyclic) bond motifs is 1. The van der Waals surface area contributed by atoms with Gasteiger partial charge in [-0.1, -0.05) is 18.2 Å². The number of carbonyl (C=O) groups is 3. The number of rotatable bonds is 10. The van der Waals surface area contributed by atoms with E-state index in [2.05, 4.69) is 20.6 Å². The molecule has 242 valence electrons. The summed E-state index contributed by atoms with van der Waals surface area (Å²) >= 11 is 0. The van der Waals surface area contributed by atoms with Gasteiger partial charge < -0.3 is 20.3 Å². The Balaban J connectivity index is 1.17. The van der Waals surface area contributed by atoms with Gasteiger partial charge in [0.25, 0.3) is 17.7 Å². The van der Waals surface area contributed by atoms with E-state index >= 15 is 0 Å². The molecule has 3 heterocycles. The van der Waals surface area contributed by atoms with Crippen LogP contribution >= 0.6 is 0 Å². The molecule has 1 fully saturated rings. The molecule has 0 bridgehead atoms.